The average Bonchev–Trinajstić information content (AvgIpc) is 2.75. The molecule has 9 heteroatoms. The van der Waals surface area contributed by atoms with E-state index in [2.05, 4.69) is 10.0 Å². The summed E-state index contributed by atoms with van der Waals surface area (Å²) in [6, 6.07) is 20.2. The van der Waals surface area contributed by atoms with E-state index in [-0.39, 0.29) is 18.0 Å². The van der Waals surface area contributed by atoms with E-state index in [9.17, 15) is 13.2 Å². The molecule has 31 heavy (non-hydrogen) atoms. The minimum Gasteiger partial charge on any atom is -0.484 e. The number of sulfonamides is 1. The zero-order valence-corrected chi connectivity index (χ0v) is 18.7. The summed E-state index contributed by atoms with van der Waals surface area (Å²) in [7, 11) is -3.64. The van der Waals surface area contributed by atoms with Gasteiger partial charge in [0.05, 0.1) is 15.6 Å². The molecular formula is C22H20Cl2N2O4S. The monoisotopic (exact) mass is 478 g/mol. The molecule has 3 aromatic carbocycles. The van der Waals surface area contributed by atoms with E-state index in [0.29, 0.717) is 27.9 Å². The number of anilines is 1. The molecule has 1 amide bonds. The van der Waals surface area contributed by atoms with Gasteiger partial charge in [0.1, 0.15) is 5.75 Å². The molecule has 2 N–H and O–H groups in total. The van der Waals surface area contributed by atoms with Crippen molar-refractivity contribution in [2.75, 3.05) is 18.5 Å². The predicted octanol–water partition coefficient (Wildman–Crippen LogP) is 4.53. The molecule has 6 nitrogen and oxygen atoms in total. The summed E-state index contributed by atoms with van der Waals surface area (Å²) < 4.78 is 32.8. The zero-order valence-electron chi connectivity index (χ0n) is 16.3. The fraction of sp³-hybridized carbons (Fsp3) is 0.136. The third kappa shape index (κ3) is 6.97. The van der Waals surface area contributed by atoms with Gasteiger partial charge in [-0.25, -0.2) is 13.1 Å². The summed E-state index contributed by atoms with van der Waals surface area (Å²) in [5.41, 5.74) is 1.47. The Bertz CT molecular complexity index is 1140. The number of nitrogens with one attached hydrogen (secondary N) is 2. The average molecular weight is 479 g/mol. The molecule has 0 unspecified atom stereocenters. The van der Waals surface area contributed by atoms with Crippen LogP contribution in [-0.2, 0) is 21.2 Å². The van der Waals surface area contributed by atoms with Crippen LogP contribution in [0.4, 0.5) is 5.69 Å². The van der Waals surface area contributed by atoms with Crippen LogP contribution in [0.25, 0.3) is 0 Å². The van der Waals surface area contributed by atoms with Gasteiger partial charge in [0, 0.05) is 11.6 Å². The van der Waals surface area contributed by atoms with Gasteiger partial charge in [-0.2, -0.15) is 0 Å². The summed E-state index contributed by atoms with van der Waals surface area (Å²) >= 11 is 11.8. The van der Waals surface area contributed by atoms with Gasteiger partial charge in [0.2, 0.25) is 10.0 Å². The largest absolute Gasteiger partial charge is 0.484 e. The molecule has 3 rings (SSSR count). The molecule has 0 heterocycles. The van der Waals surface area contributed by atoms with Gasteiger partial charge in [0.25, 0.3) is 5.91 Å². The molecule has 0 aliphatic carbocycles. The maximum absolute atomic E-state index is 12.4. The Balaban J connectivity index is 1.50. The van der Waals surface area contributed by atoms with Crippen molar-refractivity contribution in [3.63, 3.8) is 0 Å². The number of benzene rings is 3. The highest BCUT2D eigenvalue weighted by molar-refractivity contribution is 7.89. The Labute approximate surface area is 191 Å². The van der Waals surface area contributed by atoms with Crippen LogP contribution in [0.3, 0.4) is 0 Å². The van der Waals surface area contributed by atoms with Crippen molar-refractivity contribution < 1.29 is 17.9 Å². The number of carbonyl (C=O) groups is 1. The molecule has 0 atom stereocenters. The zero-order chi connectivity index (χ0) is 22.3. The lowest BCUT2D eigenvalue weighted by molar-refractivity contribution is -0.118. The van der Waals surface area contributed by atoms with Gasteiger partial charge >= 0.3 is 0 Å². The number of amides is 1. The topological polar surface area (TPSA) is 84.5 Å². The van der Waals surface area contributed by atoms with Gasteiger partial charge in [-0.05, 0) is 54.4 Å². The van der Waals surface area contributed by atoms with Crippen LogP contribution in [-0.4, -0.2) is 27.5 Å². The molecule has 0 bridgehead atoms. The molecule has 0 aliphatic rings. The van der Waals surface area contributed by atoms with E-state index in [1.165, 1.54) is 30.3 Å². The second-order valence-electron chi connectivity index (χ2n) is 6.57. The summed E-state index contributed by atoms with van der Waals surface area (Å²) in [6.45, 7) is 0.0262. The smallest absolute Gasteiger partial charge is 0.262 e. The fourth-order valence-corrected chi connectivity index (χ4v) is 4.19. The van der Waals surface area contributed by atoms with E-state index >= 15 is 0 Å². The minimum atomic E-state index is -3.64. The summed E-state index contributed by atoms with van der Waals surface area (Å²) in [5, 5.41) is 3.40. The van der Waals surface area contributed by atoms with Gasteiger partial charge in [-0.1, -0.05) is 53.5 Å². The second-order valence-corrected chi connectivity index (χ2v) is 9.18. The van der Waals surface area contributed by atoms with Crippen LogP contribution in [0.15, 0.2) is 77.7 Å². The molecule has 0 fully saturated rings. The number of carbonyl (C=O) groups excluding carboxylic acids is 1. The van der Waals surface area contributed by atoms with Gasteiger partial charge < -0.3 is 10.1 Å². The summed E-state index contributed by atoms with van der Waals surface area (Å²) in [6.07, 6.45) is 0.591. The quantitative estimate of drug-likeness (QED) is 0.472. The van der Waals surface area contributed by atoms with E-state index < -0.39 is 15.9 Å². The molecular weight excluding hydrogens is 459 g/mol. The highest BCUT2D eigenvalue weighted by Gasteiger charge is 2.14. The Morgan fingerprint density at radius 3 is 2.32 bits per heavy atom. The van der Waals surface area contributed by atoms with Crippen LogP contribution in [0.2, 0.25) is 10.0 Å². The third-order valence-corrected chi connectivity index (χ3v) is 6.28. The molecule has 3 aromatic rings. The van der Waals surface area contributed by atoms with Crippen molar-refractivity contribution in [3.8, 4) is 5.75 Å². The standard InChI is InChI=1S/C22H20Cl2N2O4S/c23-17-6-11-21(20(24)14-17)26-22(27)15-30-18-7-9-19(10-8-18)31(28,29)25-13-12-16-4-2-1-3-5-16/h1-11,14,25H,12-13,15H2,(H,26,27). The van der Waals surface area contributed by atoms with Gasteiger partial charge in [-0.3, -0.25) is 4.79 Å². The van der Waals surface area contributed by atoms with Crippen molar-refractivity contribution in [1.82, 2.24) is 4.72 Å². The highest BCUT2D eigenvalue weighted by atomic mass is 35.5. The lowest BCUT2D eigenvalue weighted by Gasteiger charge is -2.10. The van der Waals surface area contributed by atoms with Crippen molar-refractivity contribution in [1.29, 1.82) is 0 Å². The van der Waals surface area contributed by atoms with Gasteiger partial charge in [0.15, 0.2) is 6.61 Å². The normalized spacial score (nSPS) is 11.2. The molecule has 0 radical (unpaired) electrons. The molecule has 0 saturated carbocycles. The highest BCUT2D eigenvalue weighted by Crippen LogP contribution is 2.25. The number of halogens is 2. The second kappa shape index (κ2) is 10.6. The first kappa shape index (κ1) is 23.1. The van der Waals surface area contributed by atoms with E-state index in [1.807, 2.05) is 30.3 Å². The number of ether oxygens (including phenoxy) is 1. The lowest BCUT2D eigenvalue weighted by atomic mass is 10.2. The first-order valence-electron chi connectivity index (χ1n) is 9.35. The molecule has 162 valence electrons. The Morgan fingerprint density at radius 1 is 0.935 bits per heavy atom. The Kier molecular flexibility index (Phi) is 7.92. The van der Waals surface area contributed by atoms with Crippen LogP contribution in [0.5, 0.6) is 5.75 Å². The minimum absolute atomic E-state index is 0.116. The van der Waals surface area contributed by atoms with Crippen molar-refractivity contribution >= 4 is 44.8 Å². The molecule has 0 saturated heterocycles. The maximum atomic E-state index is 12.4. The predicted molar refractivity (Wildman–Crippen MR) is 122 cm³/mol. The van der Waals surface area contributed by atoms with Crippen LogP contribution in [0.1, 0.15) is 5.56 Å². The van der Waals surface area contributed by atoms with Crippen molar-refractivity contribution in [2.45, 2.75) is 11.3 Å². The van der Waals surface area contributed by atoms with Crippen LogP contribution >= 0.6 is 23.2 Å². The lowest BCUT2D eigenvalue weighted by Crippen LogP contribution is -2.26. The Hall–Kier alpha value is -2.58. The third-order valence-electron chi connectivity index (χ3n) is 4.26. The van der Waals surface area contributed by atoms with E-state index in [4.69, 9.17) is 27.9 Å². The molecule has 0 aliphatic heterocycles. The first-order chi connectivity index (χ1) is 14.8. The van der Waals surface area contributed by atoms with E-state index in [1.54, 1.807) is 12.1 Å². The molecule has 0 aromatic heterocycles. The van der Waals surface area contributed by atoms with Gasteiger partial charge in [-0.15, -0.1) is 0 Å². The number of hydrogen-bond donors (Lipinski definition) is 2. The van der Waals surface area contributed by atoms with Crippen LogP contribution < -0.4 is 14.8 Å². The fourth-order valence-electron chi connectivity index (χ4n) is 2.70. The van der Waals surface area contributed by atoms with Crippen molar-refractivity contribution in [2.24, 2.45) is 0 Å². The first-order valence-corrected chi connectivity index (χ1v) is 11.6. The number of rotatable bonds is 9. The summed E-state index contributed by atoms with van der Waals surface area (Å²) in [4.78, 5) is 12.2. The molecule has 0 spiro atoms. The Morgan fingerprint density at radius 2 is 1.65 bits per heavy atom. The van der Waals surface area contributed by atoms with E-state index in [0.717, 1.165) is 5.56 Å². The summed E-state index contributed by atoms with van der Waals surface area (Å²) in [5.74, 6) is -0.0518. The van der Waals surface area contributed by atoms with Crippen molar-refractivity contribution in [3.05, 3.63) is 88.4 Å². The SMILES string of the molecule is O=C(COc1ccc(S(=O)(=O)NCCc2ccccc2)cc1)Nc1ccc(Cl)cc1Cl. The number of hydrogen-bond acceptors (Lipinski definition) is 4. The maximum Gasteiger partial charge on any atom is 0.262 e. The van der Waals surface area contributed by atoms with Crippen LogP contribution in [0, 0.1) is 0 Å².